The van der Waals surface area contributed by atoms with Crippen LogP contribution in [-0.4, -0.2) is 48.8 Å². The number of nitrogens with one attached hydrogen (secondary N) is 1. The highest BCUT2D eigenvalue weighted by atomic mass is 16.3. The summed E-state index contributed by atoms with van der Waals surface area (Å²) < 4.78 is 0. The van der Waals surface area contributed by atoms with Crippen molar-refractivity contribution in [3.05, 3.63) is 12.2 Å². The van der Waals surface area contributed by atoms with Gasteiger partial charge in [-0.15, -0.1) is 0 Å². The van der Waals surface area contributed by atoms with Crippen LogP contribution in [0.5, 0.6) is 0 Å². The number of hydrogen-bond donors (Lipinski definition) is 2. The number of likely N-dealkylation sites (N-methyl/N-ethyl adjacent to an activating group) is 1. The third-order valence-corrected chi connectivity index (χ3v) is 2.27. The lowest BCUT2D eigenvalue weighted by Crippen LogP contribution is -2.35. The molecule has 0 amide bonds. The standard InChI is InChI=1S/C10H20N2O/c1-8(2)6-12(3)7-9-4-10(13)5-11-9/h9-11,13H,1,4-7H2,2-3H3. The largest absolute Gasteiger partial charge is 0.392 e. The molecule has 0 spiro atoms. The molecule has 3 heteroatoms. The molecule has 1 saturated heterocycles. The zero-order valence-electron chi connectivity index (χ0n) is 8.58. The third-order valence-electron chi connectivity index (χ3n) is 2.27. The van der Waals surface area contributed by atoms with E-state index in [1.807, 2.05) is 6.92 Å². The van der Waals surface area contributed by atoms with Gasteiger partial charge in [0.15, 0.2) is 0 Å². The van der Waals surface area contributed by atoms with E-state index in [0.717, 1.165) is 26.1 Å². The molecule has 0 aromatic carbocycles. The van der Waals surface area contributed by atoms with E-state index >= 15 is 0 Å². The van der Waals surface area contributed by atoms with Crippen molar-refractivity contribution in [1.82, 2.24) is 10.2 Å². The average Bonchev–Trinajstić information content (AvgIpc) is 2.33. The summed E-state index contributed by atoms with van der Waals surface area (Å²) in [6.07, 6.45) is 0.726. The highest BCUT2D eigenvalue weighted by Gasteiger charge is 2.22. The molecule has 1 rings (SSSR count). The van der Waals surface area contributed by atoms with E-state index in [2.05, 4.69) is 23.8 Å². The van der Waals surface area contributed by atoms with Gasteiger partial charge in [0.05, 0.1) is 6.10 Å². The van der Waals surface area contributed by atoms with Gasteiger partial charge in [0, 0.05) is 25.7 Å². The van der Waals surface area contributed by atoms with Gasteiger partial charge in [0.2, 0.25) is 0 Å². The van der Waals surface area contributed by atoms with Crippen molar-refractivity contribution in [1.29, 1.82) is 0 Å². The molecule has 1 aliphatic rings. The lowest BCUT2D eigenvalue weighted by molar-refractivity contribution is 0.190. The second-order valence-electron chi connectivity index (χ2n) is 4.15. The normalized spacial score (nSPS) is 28.3. The summed E-state index contributed by atoms with van der Waals surface area (Å²) >= 11 is 0. The minimum atomic E-state index is -0.150. The van der Waals surface area contributed by atoms with Crippen molar-refractivity contribution in [2.24, 2.45) is 0 Å². The lowest BCUT2D eigenvalue weighted by Gasteiger charge is -2.20. The summed E-state index contributed by atoms with van der Waals surface area (Å²) in [5.41, 5.74) is 1.18. The lowest BCUT2D eigenvalue weighted by atomic mass is 10.2. The molecule has 2 N–H and O–H groups in total. The van der Waals surface area contributed by atoms with Crippen LogP contribution in [0.1, 0.15) is 13.3 Å². The average molecular weight is 184 g/mol. The van der Waals surface area contributed by atoms with Crippen molar-refractivity contribution < 1.29 is 5.11 Å². The quantitative estimate of drug-likeness (QED) is 0.613. The molecular weight excluding hydrogens is 164 g/mol. The van der Waals surface area contributed by atoms with Crippen LogP contribution in [0.3, 0.4) is 0 Å². The number of β-amino-alcohol motifs (C(OH)–C–C–N with tert-alkyl or cyclic N) is 1. The van der Waals surface area contributed by atoms with Crippen LogP contribution in [0.15, 0.2) is 12.2 Å². The maximum atomic E-state index is 9.30. The first kappa shape index (κ1) is 10.7. The first-order chi connectivity index (χ1) is 6.08. The van der Waals surface area contributed by atoms with Crippen LogP contribution in [0.25, 0.3) is 0 Å². The Hall–Kier alpha value is -0.380. The fraction of sp³-hybridized carbons (Fsp3) is 0.800. The van der Waals surface area contributed by atoms with Crippen LogP contribution in [0.2, 0.25) is 0 Å². The predicted molar refractivity (Wildman–Crippen MR) is 54.7 cm³/mol. The van der Waals surface area contributed by atoms with Crippen LogP contribution in [0.4, 0.5) is 0 Å². The van der Waals surface area contributed by atoms with Gasteiger partial charge in [0.1, 0.15) is 0 Å². The van der Waals surface area contributed by atoms with E-state index in [-0.39, 0.29) is 6.10 Å². The highest BCUT2D eigenvalue weighted by molar-refractivity contribution is 4.92. The first-order valence-electron chi connectivity index (χ1n) is 4.82. The molecular formula is C10H20N2O. The SMILES string of the molecule is C=C(C)CN(C)CC1CC(O)CN1. The Kier molecular flexibility index (Phi) is 3.90. The predicted octanol–water partition coefficient (Wildman–Crippen LogP) is 0.217. The molecule has 2 unspecified atom stereocenters. The summed E-state index contributed by atoms with van der Waals surface area (Å²) in [6, 6.07) is 0.444. The van der Waals surface area contributed by atoms with Gasteiger partial charge in [-0.2, -0.15) is 0 Å². The monoisotopic (exact) mass is 184 g/mol. The van der Waals surface area contributed by atoms with Gasteiger partial charge in [-0.25, -0.2) is 0 Å². The first-order valence-corrected chi connectivity index (χ1v) is 4.82. The summed E-state index contributed by atoms with van der Waals surface area (Å²) in [7, 11) is 2.08. The van der Waals surface area contributed by atoms with E-state index in [9.17, 15) is 5.11 Å². The highest BCUT2D eigenvalue weighted by Crippen LogP contribution is 2.07. The Labute approximate surface area is 80.4 Å². The van der Waals surface area contributed by atoms with Crippen molar-refractivity contribution >= 4 is 0 Å². The third kappa shape index (κ3) is 3.89. The topological polar surface area (TPSA) is 35.5 Å². The number of aliphatic hydroxyl groups excluding tert-OH is 1. The van der Waals surface area contributed by atoms with Crippen LogP contribution in [0, 0.1) is 0 Å². The summed E-state index contributed by atoms with van der Waals surface area (Å²) in [5, 5.41) is 12.6. The van der Waals surface area contributed by atoms with E-state index in [4.69, 9.17) is 0 Å². The van der Waals surface area contributed by atoms with Crippen molar-refractivity contribution in [3.8, 4) is 0 Å². The minimum Gasteiger partial charge on any atom is -0.392 e. The summed E-state index contributed by atoms with van der Waals surface area (Å²) in [4.78, 5) is 2.23. The molecule has 0 radical (unpaired) electrons. The number of aliphatic hydroxyl groups is 1. The smallest absolute Gasteiger partial charge is 0.0680 e. The van der Waals surface area contributed by atoms with E-state index in [1.54, 1.807) is 0 Å². The molecule has 1 fully saturated rings. The fourth-order valence-corrected chi connectivity index (χ4v) is 1.84. The van der Waals surface area contributed by atoms with Gasteiger partial charge in [-0.1, -0.05) is 12.2 Å². The Morgan fingerprint density at radius 3 is 2.85 bits per heavy atom. The van der Waals surface area contributed by atoms with Crippen LogP contribution in [-0.2, 0) is 0 Å². The molecule has 2 atom stereocenters. The molecule has 0 aliphatic carbocycles. The van der Waals surface area contributed by atoms with Crippen molar-refractivity contribution in [2.45, 2.75) is 25.5 Å². The molecule has 1 aliphatic heterocycles. The second-order valence-corrected chi connectivity index (χ2v) is 4.15. The van der Waals surface area contributed by atoms with Gasteiger partial charge < -0.3 is 15.3 Å². The molecule has 1 heterocycles. The number of nitrogens with zero attached hydrogens (tertiary/aromatic N) is 1. The Bertz CT molecular complexity index is 182. The van der Waals surface area contributed by atoms with Gasteiger partial charge in [0.25, 0.3) is 0 Å². The zero-order chi connectivity index (χ0) is 9.84. The van der Waals surface area contributed by atoms with Crippen LogP contribution < -0.4 is 5.32 Å². The molecule has 0 bridgehead atoms. The van der Waals surface area contributed by atoms with Gasteiger partial charge >= 0.3 is 0 Å². The van der Waals surface area contributed by atoms with E-state index < -0.39 is 0 Å². The number of hydrogen-bond acceptors (Lipinski definition) is 3. The summed E-state index contributed by atoms with van der Waals surface area (Å²) in [6.45, 7) is 8.58. The van der Waals surface area contributed by atoms with E-state index in [1.165, 1.54) is 5.57 Å². The molecule has 0 aromatic rings. The maximum absolute atomic E-state index is 9.30. The molecule has 0 saturated carbocycles. The number of rotatable bonds is 4. The molecule has 0 aromatic heterocycles. The van der Waals surface area contributed by atoms with E-state index in [0.29, 0.717) is 6.04 Å². The molecule has 76 valence electrons. The fourth-order valence-electron chi connectivity index (χ4n) is 1.84. The van der Waals surface area contributed by atoms with Crippen molar-refractivity contribution in [2.75, 3.05) is 26.7 Å². The van der Waals surface area contributed by atoms with Gasteiger partial charge in [-0.3, -0.25) is 0 Å². The summed E-state index contributed by atoms with van der Waals surface area (Å²) in [5.74, 6) is 0. The minimum absolute atomic E-state index is 0.150. The van der Waals surface area contributed by atoms with Crippen molar-refractivity contribution in [3.63, 3.8) is 0 Å². The Morgan fingerprint density at radius 1 is 1.69 bits per heavy atom. The van der Waals surface area contributed by atoms with Gasteiger partial charge in [-0.05, 0) is 20.4 Å². The maximum Gasteiger partial charge on any atom is 0.0680 e. The van der Waals surface area contributed by atoms with Crippen LogP contribution >= 0.6 is 0 Å². The Balaban J connectivity index is 2.20. The molecule has 3 nitrogen and oxygen atoms in total. The Morgan fingerprint density at radius 2 is 2.38 bits per heavy atom. The second kappa shape index (κ2) is 4.74. The zero-order valence-corrected chi connectivity index (χ0v) is 8.58. The molecule has 13 heavy (non-hydrogen) atoms.